The van der Waals surface area contributed by atoms with E-state index in [0.29, 0.717) is 10.2 Å². The maximum Gasteiger partial charge on any atom is 0.182 e. The normalized spacial score (nSPS) is 12.3. The van der Waals surface area contributed by atoms with E-state index in [-0.39, 0.29) is 5.56 Å². The monoisotopic (exact) mass is 275 g/mol. The summed E-state index contributed by atoms with van der Waals surface area (Å²) in [6, 6.07) is 1.80. The fraction of sp³-hybridized carbons (Fsp3) is 0.300. The van der Waals surface area contributed by atoms with Crippen molar-refractivity contribution in [2.24, 2.45) is 5.73 Å². The van der Waals surface area contributed by atoms with Crippen molar-refractivity contribution in [1.29, 1.82) is 0 Å². The second kappa shape index (κ2) is 4.72. The van der Waals surface area contributed by atoms with E-state index in [9.17, 15) is 9.18 Å². The molecular formula is C10H11BrFNO2. The van der Waals surface area contributed by atoms with E-state index in [1.165, 1.54) is 20.1 Å². The summed E-state index contributed by atoms with van der Waals surface area (Å²) in [5.74, 6) is -0.720. The van der Waals surface area contributed by atoms with Gasteiger partial charge in [-0.15, -0.1) is 0 Å². The van der Waals surface area contributed by atoms with Crippen LogP contribution in [0.25, 0.3) is 0 Å². The van der Waals surface area contributed by atoms with Crippen molar-refractivity contribution < 1.29 is 13.9 Å². The number of hydrogen-bond acceptors (Lipinski definition) is 3. The molecule has 5 heteroatoms. The van der Waals surface area contributed by atoms with E-state index in [0.717, 1.165) is 6.07 Å². The van der Waals surface area contributed by atoms with Gasteiger partial charge in [0.15, 0.2) is 5.78 Å². The molecule has 0 fully saturated rings. The van der Waals surface area contributed by atoms with Crippen LogP contribution in [0.1, 0.15) is 17.3 Å². The number of Topliss-reactive ketones (excluding diaryl/α,β-unsaturated/α-hetero) is 1. The smallest absolute Gasteiger partial charge is 0.182 e. The Morgan fingerprint density at radius 1 is 1.60 bits per heavy atom. The van der Waals surface area contributed by atoms with Gasteiger partial charge in [0.1, 0.15) is 11.6 Å². The summed E-state index contributed by atoms with van der Waals surface area (Å²) in [5.41, 5.74) is 5.36. The van der Waals surface area contributed by atoms with E-state index < -0.39 is 17.6 Å². The lowest BCUT2D eigenvalue weighted by Gasteiger charge is -2.09. The fourth-order valence-electron chi connectivity index (χ4n) is 1.12. The molecule has 1 unspecified atom stereocenters. The molecule has 1 aromatic rings. The molecule has 0 aliphatic heterocycles. The van der Waals surface area contributed by atoms with Crippen molar-refractivity contribution in [3.05, 3.63) is 28.0 Å². The lowest BCUT2D eigenvalue weighted by Crippen LogP contribution is -2.27. The van der Waals surface area contributed by atoms with E-state index in [4.69, 9.17) is 10.5 Å². The van der Waals surface area contributed by atoms with Crippen LogP contribution < -0.4 is 10.5 Å². The number of ether oxygens (including phenoxy) is 1. The number of methoxy groups -OCH3 is 1. The molecule has 0 bridgehead atoms. The lowest BCUT2D eigenvalue weighted by atomic mass is 10.1. The van der Waals surface area contributed by atoms with Gasteiger partial charge in [-0.05, 0) is 28.9 Å². The molecule has 0 saturated heterocycles. The van der Waals surface area contributed by atoms with Gasteiger partial charge in [-0.25, -0.2) is 4.39 Å². The predicted octanol–water partition coefficient (Wildman–Crippen LogP) is 2.13. The molecule has 0 aliphatic rings. The van der Waals surface area contributed by atoms with E-state index in [1.54, 1.807) is 0 Å². The van der Waals surface area contributed by atoms with E-state index in [1.807, 2.05) is 0 Å². The van der Waals surface area contributed by atoms with Crippen molar-refractivity contribution >= 4 is 21.7 Å². The number of nitrogens with two attached hydrogens (primary N) is 1. The topological polar surface area (TPSA) is 52.3 Å². The highest BCUT2D eigenvalue weighted by Gasteiger charge is 2.18. The van der Waals surface area contributed by atoms with E-state index in [2.05, 4.69) is 15.9 Å². The van der Waals surface area contributed by atoms with E-state index >= 15 is 0 Å². The van der Waals surface area contributed by atoms with Gasteiger partial charge in [-0.3, -0.25) is 4.79 Å². The van der Waals surface area contributed by atoms with Crippen molar-refractivity contribution in [3.8, 4) is 5.75 Å². The highest BCUT2D eigenvalue weighted by Crippen LogP contribution is 2.28. The fourth-order valence-corrected chi connectivity index (χ4v) is 1.62. The van der Waals surface area contributed by atoms with Crippen molar-refractivity contribution in [1.82, 2.24) is 0 Å². The number of halogens is 2. The molecular weight excluding hydrogens is 265 g/mol. The van der Waals surface area contributed by atoms with Gasteiger partial charge in [-0.1, -0.05) is 0 Å². The number of carbonyl (C=O) groups is 1. The summed E-state index contributed by atoms with van der Waals surface area (Å²) in [6.45, 7) is 1.51. The molecule has 0 heterocycles. The summed E-state index contributed by atoms with van der Waals surface area (Å²) < 4.78 is 18.9. The Labute approximate surface area is 95.5 Å². The average molecular weight is 276 g/mol. The molecule has 0 aliphatic carbocycles. The average Bonchev–Trinajstić information content (AvgIpc) is 2.19. The molecule has 15 heavy (non-hydrogen) atoms. The number of rotatable bonds is 3. The van der Waals surface area contributed by atoms with Crippen molar-refractivity contribution in [2.45, 2.75) is 13.0 Å². The third-order valence-electron chi connectivity index (χ3n) is 1.92. The first kappa shape index (κ1) is 12.1. The van der Waals surface area contributed by atoms with Crippen LogP contribution in [0.3, 0.4) is 0 Å². The minimum Gasteiger partial charge on any atom is -0.495 e. The van der Waals surface area contributed by atoms with Gasteiger partial charge in [0.25, 0.3) is 0 Å². The van der Waals surface area contributed by atoms with Crippen molar-refractivity contribution in [2.75, 3.05) is 7.11 Å². The third kappa shape index (κ3) is 2.54. The maximum absolute atomic E-state index is 13.5. The molecule has 1 aromatic carbocycles. The van der Waals surface area contributed by atoms with Gasteiger partial charge in [0.2, 0.25) is 0 Å². The predicted molar refractivity (Wildman–Crippen MR) is 58.6 cm³/mol. The van der Waals surface area contributed by atoms with Gasteiger partial charge < -0.3 is 10.5 Å². The van der Waals surface area contributed by atoms with Crippen LogP contribution >= 0.6 is 15.9 Å². The summed E-state index contributed by atoms with van der Waals surface area (Å²) in [5, 5.41) is 0. The number of hydrogen-bond donors (Lipinski definition) is 1. The third-order valence-corrected chi connectivity index (χ3v) is 2.54. The molecule has 1 rings (SSSR count). The van der Waals surface area contributed by atoms with Gasteiger partial charge in [0, 0.05) is 6.07 Å². The standard InChI is InChI=1S/C10H11BrFNO2/c1-5(13)10(14)6-3-7(11)9(15-2)4-8(6)12/h3-5H,13H2,1-2H3. The Morgan fingerprint density at radius 2 is 2.20 bits per heavy atom. The van der Waals surface area contributed by atoms with Crippen LogP contribution in [0, 0.1) is 5.82 Å². The first-order valence-corrected chi connectivity index (χ1v) is 5.09. The van der Waals surface area contributed by atoms with Gasteiger partial charge >= 0.3 is 0 Å². The maximum atomic E-state index is 13.5. The van der Waals surface area contributed by atoms with Gasteiger partial charge in [0.05, 0.1) is 23.2 Å². The zero-order valence-corrected chi connectivity index (χ0v) is 9.97. The molecule has 2 N–H and O–H groups in total. The zero-order valence-electron chi connectivity index (χ0n) is 8.38. The zero-order chi connectivity index (χ0) is 11.6. The number of benzene rings is 1. The highest BCUT2D eigenvalue weighted by atomic mass is 79.9. The van der Waals surface area contributed by atoms with Gasteiger partial charge in [-0.2, -0.15) is 0 Å². The minimum atomic E-state index is -0.722. The van der Waals surface area contributed by atoms with Crippen molar-refractivity contribution in [3.63, 3.8) is 0 Å². The molecule has 82 valence electrons. The Bertz CT molecular complexity index is 393. The molecule has 0 spiro atoms. The molecule has 3 nitrogen and oxygen atoms in total. The molecule has 1 atom stereocenters. The lowest BCUT2D eigenvalue weighted by molar-refractivity contribution is 0.0964. The molecule has 0 aromatic heterocycles. The summed E-state index contributed by atoms with van der Waals surface area (Å²) >= 11 is 3.17. The van der Waals surface area contributed by atoms with Crippen LogP contribution in [0.15, 0.2) is 16.6 Å². The summed E-state index contributed by atoms with van der Waals surface area (Å²) in [4.78, 5) is 11.5. The summed E-state index contributed by atoms with van der Waals surface area (Å²) in [6.07, 6.45) is 0. The Morgan fingerprint density at radius 3 is 2.67 bits per heavy atom. The molecule has 0 saturated carbocycles. The van der Waals surface area contributed by atoms with Crippen LogP contribution in [-0.4, -0.2) is 18.9 Å². The minimum absolute atomic E-state index is 0.0299. The molecule has 0 amide bonds. The highest BCUT2D eigenvalue weighted by molar-refractivity contribution is 9.10. The quantitative estimate of drug-likeness (QED) is 0.860. The number of ketones is 1. The SMILES string of the molecule is COc1cc(F)c(C(=O)C(C)N)cc1Br. The Hall–Kier alpha value is -0.940. The first-order chi connectivity index (χ1) is 6.97. The first-order valence-electron chi connectivity index (χ1n) is 4.30. The van der Waals surface area contributed by atoms with Crippen LogP contribution in [0.5, 0.6) is 5.75 Å². The second-order valence-corrected chi connectivity index (χ2v) is 3.97. The summed E-state index contributed by atoms with van der Waals surface area (Å²) in [7, 11) is 1.42. The van der Waals surface area contributed by atoms with Crippen LogP contribution in [0.2, 0.25) is 0 Å². The largest absolute Gasteiger partial charge is 0.495 e. The molecule has 0 radical (unpaired) electrons. The van der Waals surface area contributed by atoms with Crippen LogP contribution in [-0.2, 0) is 0 Å². The second-order valence-electron chi connectivity index (χ2n) is 3.12. The number of carbonyl (C=O) groups excluding carboxylic acids is 1. The van der Waals surface area contributed by atoms with Crippen LogP contribution in [0.4, 0.5) is 4.39 Å². The Balaban J connectivity index is 3.22. The Kier molecular flexibility index (Phi) is 3.82.